The lowest BCUT2D eigenvalue weighted by molar-refractivity contribution is 0.659. The zero-order valence-corrected chi connectivity index (χ0v) is 9.26. The molecule has 1 aromatic heterocycles. The van der Waals surface area contributed by atoms with Crippen LogP contribution in [-0.2, 0) is 6.42 Å². The van der Waals surface area contributed by atoms with E-state index in [2.05, 4.69) is 17.1 Å². The van der Waals surface area contributed by atoms with Crippen LogP contribution in [0.5, 0.6) is 0 Å². The summed E-state index contributed by atoms with van der Waals surface area (Å²) >= 11 is 0. The monoisotopic (exact) mass is 232 g/mol. The quantitative estimate of drug-likeness (QED) is 0.777. The molecule has 1 rings (SSSR count). The van der Waals surface area contributed by atoms with Gasteiger partial charge >= 0.3 is 0 Å². The first-order valence-corrected chi connectivity index (χ1v) is 4.42. The number of aromatic nitrogens is 2. The number of hydrogen-bond donors (Lipinski definition) is 1. The number of aromatic amines is 1. The minimum Gasteiger partial charge on any atom is -0.285 e. The number of nitrogens with zero attached hydrogens (tertiary/aromatic N) is 1. The van der Waals surface area contributed by atoms with Gasteiger partial charge in [-0.2, -0.15) is 5.10 Å². The van der Waals surface area contributed by atoms with Crippen LogP contribution in [0.15, 0.2) is 12.3 Å². The van der Waals surface area contributed by atoms with Crippen molar-refractivity contribution >= 4 is 17.0 Å². The van der Waals surface area contributed by atoms with Crippen molar-refractivity contribution in [2.75, 3.05) is 0 Å². The van der Waals surface area contributed by atoms with Gasteiger partial charge in [-0.3, -0.25) is 5.10 Å². The molecule has 1 N–H and O–H groups in total. The normalized spacial score (nSPS) is 9.42. The molecule has 0 saturated carbocycles. The van der Waals surface area contributed by atoms with Gasteiger partial charge in [0.15, 0.2) is 0 Å². The van der Waals surface area contributed by atoms with Crippen molar-refractivity contribution in [3.63, 3.8) is 0 Å². The summed E-state index contributed by atoms with van der Waals surface area (Å²) in [5.74, 6) is 0. The molecule has 0 unspecified atom stereocenters. The first kappa shape index (κ1) is 11.7. The molecule has 0 aliphatic carbocycles. The maximum Gasteiger partial charge on any atom is 0.0622 e. The summed E-state index contributed by atoms with van der Waals surface area (Å²) in [4.78, 5) is 0. The highest BCUT2D eigenvalue weighted by Gasteiger charge is 1.93. The number of aryl methyl sites for hydroxylation is 1. The number of unbranched alkanes of at least 4 members (excludes halogenated alkanes) is 3. The Bertz CT molecular complexity index is 173. The largest absolute Gasteiger partial charge is 0.285 e. The van der Waals surface area contributed by atoms with Crippen LogP contribution in [-0.4, -0.2) is 10.2 Å². The van der Waals surface area contributed by atoms with Crippen molar-refractivity contribution < 1.29 is 0 Å². The van der Waals surface area contributed by atoms with Gasteiger partial charge in [0.1, 0.15) is 0 Å². The van der Waals surface area contributed by atoms with Crippen LogP contribution < -0.4 is 0 Å². The van der Waals surface area contributed by atoms with Gasteiger partial charge in [-0.1, -0.05) is 26.2 Å². The highest BCUT2D eigenvalue weighted by Crippen LogP contribution is 2.04. The van der Waals surface area contributed by atoms with Gasteiger partial charge in [0.25, 0.3) is 0 Å². The van der Waals surface area contributed by atoms with E-state index < -0.39 is 0 Å². The molecule has 0 aromatic carbocycles. The minimum atomic E-state index is 0. The Balaban J connectivity index is 0.00000121. The first-order chi connectivity index (χ1) is 5.43. The highest BCUT2D eigenvalue weighted by atomic mass is 79.9. The van der Waals surface area contributed by atoms with E-state index >= 15 is 0 Å². The third-order valence-corrected chi connectivity index (χ3v) is 1.84. The van der Waals surface area contributed by atoms with Crippen LogP contribution >= 0.6 is 17.0 Å². The number of nitrogens with one attached hydrogen (secondary N) is 1. The molecule has 0 radical (unpaired) electrons. The SMILES string of the molecule is Br.CCCCCCc1cc[nH]n1. The Hall–Kier alpha value is -0.310. The average Bonchev–Trinajstić information content (AvgIpc) is 2.50. The highest BCUT2D eigenvalue weighted by molar-refractivity contribution is 8.93. The molecular formula is C9H17BrN2. The standard InChI is InChI=1S/C9H16N2.BrH/c1-2-3-4-5-6-9-7-8-10-11-9;/h7-8H,2-6H2,1H3,(H,10,11);1H. The van der Waals surface area contributed by atoms with Gasteiger partial charge in [0.2, 0.25) is 0 Å². The molecule has 0 aliphatic rings. The van der Waals surface area contributed by atoms with Crippen LogP contribution in [0.1, 0.15) is 38.3 Å². The van der Waals surface area contributed by atoms with E-state index in [9.17, 15) is 0 Å². The summed E-state index contributed by atoms with van der Waals surface area (Å²) in [6.45, 7) is 2.23. The second kappa shape index (κ2) is 7.35. The summed E-state index contributed by atoms with van der Waals surface area (Å²) in [6.07, 6.45) is 8.28. The van der Waals surface area contributed by atoms with Crippen LogP contribution in [0.4, 0.5) is 0 Å². The second-order valence-electron chi connectivity index (χ2n) is 2.88. The van der Waals surface area contributed by atoms with E-state index in [1.165, 1.54) is 31.4 Å². The third kappa shape index (κ3) is 4.54. The Morgan fingerprint density at radius 3 is 2.75 bits per heavy atom. The lowest BCUT2D eigenvalue weighted by Gasteiger charge is -1.95. The molecule has 1 heterocycles. The summed E-state index contributed by atoms with van der Waals surface area (Å²) in [5, 5.41) is 6.91. The van der Waals surface area contributed by atoms with Gasteiger partial charge in [-0.25, -0.2) is 0 Å². The lowest BCUT2D eigenvalue weighted by atomic mass is 10.1. The number of halogens is 1. The topological polar surface area (TPSA) is 28.7 Å². The molecular weight excluding hydrogens is 216 g/mol. The maximum atomic E-state index is 4.09. The fourth-order valence-electron chi connectivity index (χ4n) is 1.16. The fraction of sp³-hybridized carbons (Fsp3) is 0.667. The van der Waals surface area contributed by atoms with Crippen molar-refractivity contribution in [2.45, 2.75) is 39.0 Å². The summed E-state index contributed by atoms with van der Waals surface area (Å²) < 4.78 is 0. The van der Waals surface area contributed by atoms with E-state index in [1.807, 2.05) is 12.3 Å². The molecule has 0 aliphatic heterocycles. The second-order valence-corrected chi connectivity index (χ2v) is 2.88. The van der Waals surface area contributed by atoms with Crippen molar-refractivity contribution in [2.24, 2.45) is 0 Å². The third-order valence-electron chi connectivity index (χ3n) is 1.84. The van der Waals surface area contributed by atoms with Gasteiger partial charge in [-0.05, 0) is 18.9 Å². The molecule has 1 aromatic rings. The fourth-order valence-corrected chi connectivity index (χ4v) is 1.16. The molecule has 0 atom stereocenters. The van der Waals surface area contributed by atoms with E-state index in [0.717, 1.165) is 6.42 Å². The van der Waals surface area contributed by atoms with Crippen molar-refractivity contribution in [1.29, 1.82) is 0 Å². The van der Waals surface area contributed by atoms with Crippen molar-refractivity contribution in [3.05, 3.63) is 18.0 Å². The van der Waals surface area contributed by atoms with Crippen LogP contribution in [0.2, 0.25) is 0 Å². The molecule has 0 fully saturated rings. The Kier molecular flexibility index (Phi) is 7.16. The van der Waals surface area contributed by atoms with Crippen LogP contribution in [0.25, 0.3) is 0 Å². The predicted molar refractivity (Wildman–Crippen MR) is 56.8 cm³/mol. The van der Waals surface area contributed by atoms with Gasteiger partial charge in [0.05, 0.1) is 5.69 Å². The van der Waals surface area contributed by atoms with Crippen molar-refractivity contribution in [1.82, 2.24) is 10.2 Å². The molecule has 12 heavy (non-hydrogen) atoms. The number of hydrogen-bond acceptors (Lipinski definition) is 1. The van der Waals surface area contributed by atoms with Gasteiger partial charge in [-0.15, -0.1) is 17.0 Å². The summed E-state index contributed by atoms with van der Waals surface area (Å²) in [6, 6.07) is 2.05. The van der Waals surface area contributed by atoms with Crippen molar-refractivity contribution in [3.8, 4) is 0 Å². The molecule has 0 bridgehead atoms. The van der Waals surface area contributed by atoms with Crippen LogP contribution in [0.3, 0.4) is 0 Å². The average molecular weight is 233 g/mol. The Labute approximate surface area is 84.5 Å². The Morgan fingerprint density at radius 2 is 2.17 bits per heavy atom. The minimum absolute atomic E-state index is 0. The smallest absolute Gasteiger partial charge is 0.0622 e. The van der Waals surface area contributed by atoms with Crippen LogP contribution in [0, 0.1) is 0 Å². The zero-order valence-electron chi connectivity index (χ0n) is 7.55. The molecule has 0 saturated heterocycles. The van der Waals surface area contributed by atoms with Gasteiger partial charge < -0.3 is 0 Å². The van der Waals surface area contributed by atoms with E-state index in [4.69, 9.17) is 0 Å². The molecule has 0 spiro atoms. The maximum absolute atomic E-state index is 4.09. The van der Waals surface area contributed by atoms with E-state index in [1.54, 1.807) is 0 Å². The zero-order chi connectivity index (χ0) is 7.94. The molecule has 0 amide bonds. The van der Waals surface area contributed by atoms with E-state index in [-0.39, 0.29) is 17.0 Å². The molecule has 2 nitrogen and oxygen atoms in total. The molecule has 70 valence electrons. The number of H-pyrrole nitrogens is 1. The lowest BCUT2D eigenvalue weighted by Crippen LogP contribution is -1.85. The summed E-state index contributed by atoms with van der Waals surface area (Å²) in [5.41, 5.74) is 1.20. The van der Waals surface area contributed by atoms with E-state index in [0.29, 0.717) is 0 Å². The summed E-state index contributed by atoms with van der Waals surface area (Å²) in [7, 11) is 0. The predicted octanol–water partition coefficient (Wildman–Crippen LogP) is 3.11. The number of rotatable bonds is 5. The van der Waals surface area contributed by atoms with Gasteiger partial charge in [0, 0.05) is 6.20 Å². The Morgan fingerprint density at radius 1 is 1.33 bits per heavy atom. The molecule has 3 heteroatoms. The first-order valence-electron chi connectivity index (χ1n) is 4.42.